The van der Waals surface area contributed by atoms with Crippen LogP contribution in [0.5, 0.6) is 0 Å². The Morgan fingerprint density at radius 2 is 2.19 bits per heavy atom. The number of hydrogen-bond donors (Lipinski definition) is 1. The average Bonchev–Trinajstić information content (AvgIpc) is 2.97. The van der Waals surface area contributed by atoms with Gasteiger partial charge in [-0.25, -0.2) is 0 Å². The summed E-state index contributed by atoms with van der Waals surface area (Å²) in [7, 11) is 0. The number of carbonyl (C=O) groups excluding carboxylic acids is 1. The van der Waals surface area contributed by atoms with Gasteiger partial charge in [-0.3, -0.25) is 4.79 Å². The van der Waals surface area contributed by atoms with Gasteiger partial charge in [0.2, 0.25) is 0 Å². The molecule has 1 fully saturated rings. The van der Waals surface area contributed by atoms with Crippen molar-refractivity contribution in [2.75, 3.05) is 19.7 Å². The average molecular weight is 305 g/mol. The minimum atomic E-state index is 0.0802. The number of amides is 1. The molecule has 3 nitrogen and oxygen atoms in total. The molecule has 2 heterocycles. The van der Waals surface area contributed by atoms with Crippen LogP contribution in [0.25, 0.3) is 0 Å². The molecular formula is C17H23NO2S. The van der Waals surface area contributed by atoms with E-state index in [1.165, 1.54) is 24.2 Å². The van der Waals surface area contributed by atoms with E-state index in [2.05, 4.69) is 18.8 Å². The molecule has 1 N–H and O–H groups in total. The van der Waals surface area contributed by atoms with Gasteiger partial charge in [-0.1, -0.05) is 31.6 Å². The third-order valence-corrected chi connectivity index (χ3v) is 4.85. The van der Waals surface area contributed by atoms with Crippen molar-refractivity contribution in [3.05, 3.63) is 21.9 Å². The molecular weight excluding hydrogens is 282 g/mol. The Bertz CT molecular complexity index is 518. The highest BCUT2D eigenvalue weighted by Gasteiger charge is 2.23. The number of carbonyl (C=O) groups is 1. The van der Waals surface area contributed by atoms with Crippen LogP contribution in [0.15, 0.2) is 12.1 Å². The fourth-order valence-corrected chi connectivity index (χ4v) is 3.56. The van der Waals surface area contributed by atoms with Gasteiger partial charge in [0.1, 0.15) is 0 Å². The molecule has 0 atom stereocenters. The summed E-state index contributed by atoms with van der Waals surface area (Å²) in [6, 6.07) is 3.76. The second-order valence-corrected chi connectivity index (χ2v) is 6.55. The normalized spacial score (nSPS) is 15.6. The Hall–Kier alpha value is -1.31. The summed E-state index contributed by atoms with van der Waals surface area (Å²) in [6.45, 7) is 4.07. The number of aliphatic hydroxyl groups excluding tert-OH is 1. The first kappa shape index (κ1) is 16.1. The number of likely N-dealkylation sites (tertiary alicyclic amines) is 1. The Morgan fingerprint density at radius 3 is 2.86 bits per heavy atom. The summed E-state index contributed by atoms with van der Waals surface area (Å²) in [4.78, 5) is 16.1. The summed E-state index contributed by atoms with van der Waals surface area (Å²) in [6.07, 6.45) is 5.26. The number of piperidine rings is 1. The molecule has 4 heteroatoms. The molecule has 1 aliphatic heterocycles. The number of thiophene rings is 1. The number of nitrogens with zero attached hydrogens (tertiary/aromatic N) is 1. The van der Waals surface area contributed by atoms with Crippen LogP contribution in [0.1, 0.15) is 53.6 Å². The zero-order valence-electron chi connectivity index (χ0n) is 12.6. The van der Waals surface area contributed by atoms with Gasteiger partial charge in [-0.15, -0.1) is 11.3 Å². The third kappa shape index (κ3) is 4.59. The first-order valence-electron chi connectivity index (χ1n) is 7.73. The largest absolute Gasteiger partial charge is 0.395 e. The van der Waals surface area contributed by atoms with Gasteiger partial charge in [-0.05, 0) is 30.9 Å². The number of aliphatic hydroxyl groups is 1. The van der Waals surface area contributed by atoms with Gasteiger partial charge < -0.3 is 10.0 Å². The lowest BCUT2D eigenvalue weighted by molar-refractivity contribution is 0.0691. The second-order valence-electron chi connectivity index (χ2n) is 5.46. The zero-order valence-corrected chi connectivity index (χ0v) is 13.4. The molecule has 1 saturated heterocycles. The van der Waals surface area contributed by atoms with E-state index < -0.39 is 0 Å². The molecule has 0 spiro atoms. The smallest absolute Gasteiger partial charge is 0.263 e. The number of hydrogen-bond acceptors (Lipinski definition) is 3. The first-order chi connectivity index (χ1) is 10.2. The van der Waals surface area contributed by atoms with Crippen LogP contribution >= 0.6 is 11.3 Å². The van der Waals surface area contributed by atoms with Gasteiger partial charge >= 0.3 is 0 Å². The summed E-state index contributed by atoms with van der Waals surface area (Å²) < 4.78 is 0. The highest BCUT2D eigenvalue weighted by Crippen LogP contribution is 2.24. The molecule has 1 aliphatic rings. The Balaban J connectivity index is 1.91. The maximum atomic E-state index is 12.5. The molecule has 0 aliphatic carbocycles. The molecule has 0 radical (unpaired) electrons. The van der Waals surface area contributed by atoms with Crippen molar-refractivity contribution < 1.29 is 9.90 Å². The van der Waals surface area contributed by atoms with Crippen molar-refractivity contribution >= 4 is 17.2 Å². The van der Waals surface area contributed by atoms with E-state index in [1.54, 1.807) is 0 Å². The summed E-state index contributed by atoms with van der Waals surface area (Å²) >= 11 is 1.45. The minimum absolute atomic E-state index is 0.0802. The van der Waals surface area contributed by atoms with Gasteiger partial charge in [-0.2, -0.15) is 0 Å². The molecule has 0 bridgehead atoms. The lowest BCUT2D eigenvalue weighted by Crippen LogP contribution is -2.38. The maximum Gasteiger partial charge on any atom is 0.263 e. The van der Waals surface area contributed by atoms with Crippen molar-refractivity contribution in [1.82, 2.24) is 4.90 Å². The second kappa shape index (κ2) is 8.21. The van der Waals surface area contributed by atoms with Crippen molar-refractivity contribution in [2.24, 2.45) is 5.92 Å². The van der Waals surface area contributed by atoms with Gasteiger partial charge in [0.25, 0.3) is 5.91 Å². The molecule has 1 aromatic rings. The molecule has 0 saturated carbocycles. The summed E-state index contributed by atoms with van der Waals surface area (Å²) in [5, 5.41) is 8.71. The number of rotatable bonds is 4. The Labute approximate surface area is 131 Å². The predicted molar refractivity (Wildman–Crippen MR) is 86.4 cm³/mol. The van der Waals surface area contributed by atoms with E-state index in [9.17, 15) is 4.79 Å². The Morgan fingerprint density at radius 1 is 1.43 bits per heavy atom. The predicted octanol–water partition coefficient (Wildman–Crippen LogP) is 3.13. The van der Waals surface area contributed by atoms with Gasteiger partial charge in [0, 0.05) is 19.5 Å². The fraction of sp³-hybridized carbons (Fsp3) is 0.588. The van der Waals surface area contributed by atoms with E-state index in [-0.39, 0.29) is 12.5 Å². The van der Waals surface area contributed by atoms with Crippen LogP contribution in [-0.4, -0.2) is 35.6 Å². The molecule has 21 heavy (non-hydrogen) atoms. The zero-order chi connectivity index (χ0) is 15.1. The van der Waals surface area contributed by atoms with Crippen LogP contribution in [0.4, 0.5) is 0 Å². The minimum Gasteiger partial charge on any atom is -0.395 e. The molecule has 0 unspecified atom stereocenters. The first-order valence-corrected chi connectivity index (χ1v) is 8.55. The van der Waals surface area contributed by atoms with Crippen LogP contribution < -0.4 is 0 Å². The standard InChI is InChI=1S/C17H23NO2S/c1-2-5-14-9-11-18(12-10-14)17(20)16-8-7-15(21-16)6-3-4-13-19/h7-8,14,19H,2,4-5,9-13H2,1H3. The van der Waals surface area contributed by atoms with E-state index in [0.717, 1.165) is 41.6 Å². The summed E-state index contributed by atoms with van der Waals surface area (Å²) in [5.74, 6) is 6.81. The fourth-order valence-electron chi connectivity index (χ4n) is 2.71. The molecule has 0 aromatic carbocycles. The van der Waals surface area contributed by atoms with Crippen molar-refractivity contribution in [1.29, 1.82) is 0 Å². The topological polar surface area (TPSA) is 40.5 Å². The third-order valence-electron chi connectivity index (χ3n) is 3.86. The van der Waals surface area contributed by atoms with E-state index in [1.807, 2.05) is 17.0 Å². The highest BCUT2D eigenvalue weighted by atomic mass is 32.1. The van der Waals surface area contributed by atoms with Crippen LogP contribution in [0.3, 0.4) is 0 Å². The molecule has 114 valence electrons. The monoisotopic (exact) mass is 305 g/mol. The van der Waals surface area contributed by atoms with Crippen LogP contribution in [0.2, 0.25) is 0 Å². The van der Waals surface area contributed by atoms with Crippen molar-refractivity contribution in [2.45, 2.75) is 39.0 Å². The van der Waals surface area contributed by atoms with Gasteiger partial charge in [0.05, 0.1) is 16.4 Å². The van der Waals surface area contributed by atoms with Crippen molar-refractivity contribution in [3.63, 3.8) is 0 Å². The van der Waals surface area contributed by atoms with Crippen molar-refractivity contribution in [3.8, 4) is 11.8 Å². The SMILES string of the molecule is CCCC1CCN(C(=O)c2ccc(C#CCCO)s2)CC1. The summed E-state index contributed by atoms with van der Waals surface area (Å²) in [5.41, 5.74) is 0. The van der Waals surface area contributed by atoms with Crippen LogP contribution in [0, 0.1) is 17.8 Å². The lowest BCUT2D eigenvalue weighted by atomic mass is 9.92. The van der Waals surface area contributed by atoms with Gasteiger partial charge in [0.15, 0.2) is 0 Å². The van der Waals surface area contributed by atoms with E-state index in [0.29, 0.717) is 6.42 Å². The Kier molecular flexibility index (Phi) is 6.28. The lowest BCUT2D eigenvalue weighted by Gasteiger charge is -2.31. The van der Waals surface area contributed by atoms with Crippen LogP contribution in [-0.2, 0) is 0 Å². The molecule has 2 rings (SSSR count). The quantitative estimate of drug-likeness (QED) is 0.868. The van der Waals surface area contributed by atoms with E-state index in [4.69, 9.17) is 5.11 Å². The van der Waals surface area contributed by atoms with E-state index >= 15 is 0 Å². The molecule has 1 aromatic heterocycles. The highest BCUT2D eigenvalue weighted by molar-refractivity contribution is 7.14. The maximum absolute atomic E-state index is 12.5. The molecule has 1 amide bonds.